The van der Waals surface area contributed by atoms with Crippen molar-refractivity contribution in [1.29, 1.82) is 0 Å². The lowest BCUT2D eigenvalue weighted by Crippen LogP contribution is -2.42. The highest BCUT2D eigenvalue weighted by Gasteiger charge is 2.32. The third-order valence-electron chi connectivity index (χ3n) is 6.35. The molecule has 0 saturated heterocycles. The van der Waals surface area contributed by atoms with E-state index in [0.29, 0.717) is 45.0 Å². The minimum absolute atomic E-state index is 0.171. The predicted molar refractivity (Wildman–Crippen MR) is 140 cm³/mol. The molecule has 0 spiro atoms. The summed E-state index contributed by atoms with van der Waals surface area (Å²) in [5, 5.41) is 1.91. The molecule has 5 rings (SSSR count). The molecule has 180 valence electrons. The summed E-state index contributed by atoms with van der Waals surface area (Å²) in [6.45, 7) is 0.449. The smallest absolute Gasteiger partial charge is 0.261 e. The van der Waals surface area contributed by atoms with E-state index in [0.717, 1.165) is 5.39 Å². The van der Waals surface area contributed by atoms with Gasteiger partial charge in [0.1, 0.15) is 5.75 Å². The Morgan fingerprint density at radius 1 is 0.861 bits per heavy atom. The molecule has 0 N–H and O–H groups in total. The maximum atomic E-state index is 13.5. The number of ether oxygens (including phenoxy) is 1. The molecule has 1 heterocycles. The minimum Gasteiger partial charge on any atom is -0.497 e. The second-order valence-corrected chi connectivity index (χ2v) is 8.87. The number of halogens is 1. The summed E-state index contributed by atoms with van der Waals surface area (Å²) in [7, 11) is 1.58. The zero-order chi connectivity index (χ0) is 25.2. The SMILES string of the molecule is COc1ccc(N(CCCN2C(=O)c3cccc4cccc(c34)C2=O)C(=O)c2ccccc2Cl)cc1. The van der Waals surface area contributed by atoms with Crippen LogP contribution < -0.4 is 9.64 Å². The van der Waals surface area contributed by atoms with Gasteiger partial charge in [-0.05, 0) is 60.3 Å². The largest absolute Gasteiger partial charge is 0.497 e. The quantitative estimate of drug-likeness (QED) is 0.300. The lowest BCUT2D eigenvalue weighted by Gasteiger charge is -2.29. The van der Waals surface area contributed by atoms with Gasteiger partial charge in [0, 0.05) is 35.3 Å². The first-order valence-electron chi connectivity index (χ1n) is 11.6. The highest BCUT2D eigenvalue weighted by molar-refractivity contribution is 6.34. The fourth-order valence-electron chi connectivity index (χ4n) is 4.56. The van der Waals surface area contributed by atoms with E-state index in [1.54, 1.807) is 72.7 Å². The van der Waals surface area contributed by atoms with Crippen LogP contribution in [0.25, 0.3) is 10.8 Å². The Hall–Kier alpha value is -4.16. The van der Waals surface area contributed by atoms with Crippen LogP contribution in [0.3, 0.4) is 0 Å². The van der Waals surface area contributed by atoms with E-state index in [9.17, 15) is 14.4 Å². The van der Waals surface area contributed by atoms with Gasteiger partial charge in [0.2, 0.25) is 0 Å². The Balaban J connectivity index is 1.39. The molecule has 4 aromatic carbocycles. The molecular weight excluding hydrogens is 476 g/mol. The Bertz CT molecular complexity index is 1430. The first-order chi connectivity index (χ1) is 17.5. The molecule has 36 heavy (non-hydrogen) atoms. The van der Waals surface area contributed by atoms with Crippen LogP contribution in [0, 0.1) is 0 Å². The molecule has 6 nitrogen and oxygen atoms in total. The van der Waals surface area contributed by atoms with Gasteiger partial charge in [-0.3, -0.25) is 19.3 Å². The number of nitrogens with zero attached hydrogens (tertiary/aromatic N) is 2. The maximum absolute atomic E-state index is 13.5. The number of amides is 3. The molecule has 0 saturated carbocycles. The number of hydrogen-bond donors (Lipinski definition) is 0. The summed E-state index contributed by atoms with van der Waals surface area (Å²) >= 11 is 6.31. The van der Waals surface area contributed by atoms with Gasteiger partial charge in [0.25, 0.3) is 17.7 Å². The topological polar surface area (TPSA) is 66.9 Å². The van der Waals surface area contributed by atoms with E-state index >= 15 is 0 Å². The number of hydrogen-bond acceptors (Lipinski definition) is 4. The van der Waals surface area contributed by atoms with Crippen molar-refractivity contribution in [2.45, 2.75) is 6.42 Å². The van der Waals surface area contributed by atoms with Gasteiger partial charge >= 0.3 is 0 Å². The molecule has 1 aliphatic rings. The van der Waals surface area contributed by atoms with Crippen molar-refractivity contribution in [2.24, 2.45) is 0 Å². The van der Waals surface area contributed by atoms with E-state index in [1.165, 1.54) is 4.90 Å². The number of methoxy groups -OCH3 is 1. The minimum atomic E-state index is -0.322. The van der Waals surface area contributed by atoms with Crippen LogP contribution >= 0.6 is 11.6 Å². The highest BCUT2D eigenvalue weighted by Crippen LogP contribution is 2.30. The molecule has 0 unspecified atom stereocenters. The molecule has 0 atom stereocenters. The molecule has 0 aromatic heterocycles. The zero-order valence-electron chi connectivity index (χ0n) is 19.6. The van der Waals surface area contributed by atoms with Gasteiger partial charge in [-0.25, -0.2) is 0 Å². The molecule has 1 aliphatic heterocycles. The summed E-state index contributed by atoms with van der Waals surface area (Å²) in [5.74, 6) is -0.242. The Labute approximate surface area is 213 Å². The Morgan fingerprint density at radius 2 is 1.50 bits per heavy atom. The summed E-state index contributed by atoms with van der Waals surface area (Å²) in [6.07, 6.45) is 0.387. The van der Waals surface area contributed by atoms with Crippen LogP contribution in [0.2, 0.25) is 5.02 Å². The third-order valence-corrected chi connectivity index (χ3v) is 6.68. The van der Waals surface area contributed by atoms with Gasteiger partial charge in [0.05, 0.1) is 17.7 Å². The second-order valence-electron chi connectivity index (χ2n) is 8.46. The molecule has 7 heteroatoms. The standard InChI is InChI=1S/C29H23ClN2O4/c1-36-21-15-13-20(14-16-21)31(27(33)22-9-2-3-12-25(22)30)17-6-18-32-28(34)23-10-4-7-19-8-5-11-24(26(19)23)29(32)35/h2-5,7-16H,6,17-18H2,1H3. The van der Waals surface area contributed by atoms with Gasteiger partial charge < -0.3 is 9.64 Å². The summed E-state index contributed by atoms with van der Waals surface area (Å²) in [5.41, 5.74) is 2.07. The molecule has 0 aliphatic carbocycles. The molecule has 3 amide bonds. The van der Waals surface area contributed by atoms with Crippen molar-refractivity contribution in [1.82, 2.24) is 4.90 Å². The summed E-state index contributed by atoms with van der Waals surface area (Å²) in [4.78, 5) is 42.8. The van der Waals surface area contributed by atoms with Gasteiger partial charge in [-0.15, -0.1) is 0 Å². The van der Waals surface area contributed by atoms with E-state index in [4.69, 9.17) is 16.3 Å². The van der Waals surface area contributed by atoms with Crippen LogP contribution in [0.1, 0.15) is 37.5 Å². The molecule has 0 bridgehead atoms. The zero-order valence-corrected chi connectivity index (χ0v) is 20.4. The molecule has 4 aromatic rings. The van der Waals surface area contributed by atoms with Crippen LogP contribution in [0.15, 0.2) is 84.9 Å². The first kappa shape index (κ1) is 23.6. The van der Waals surface area contributed by atoms with Gasteiger partial charge in [-0.2, -0.15) is 0 Å². The maximum Gasteiger partial charge on any atom is 0.261 e. The average molecular weight is 499 g/mol. The normalized spacial score (nSPS) is 12.7. The fraction of sp³-hybridized carbons (Fsp3) is 0.138. The van der Waals surface area contributed by atoms with Crippen LogP contribution in [-0.2, 0) is 0 Å². The van der Waals surface area contributed by atoms with Crippen molar-refractivity contribution in [3.63, 3.8) is 0 Å². The van der Waals surface area contributed by atoms with Crippen LogP contribution in [-0.4, -0.2) is 42.8 Å². The molecule has 0 radical (unpaired) electrons. The van der Waals surface area contributed by atoms with Gasteiger partial charge in [0.15, 0.2) is 0 Å². The lowest BCUT2D eigenvalue weighted by molar-refractivity contribution is 0.0610. The Kier molecular flexibility index (Phi) is 6.44. The summed E-state index contributed by atoms with van der Waals surface area (Å²) in [6, 6.07) is 24.9. The lowest BCUT2D eigenvalue weighted by atomic mass is 9.94. The molecule has 0 fully saturated rings. The number of rotatable bonds is 7. The van der Waals surface area contributed by atoms with Crippen molar-refractivity contribution in [3.8, 4) is 5.75 Å². The number of carbonyl (C=O) groups is 3. The predicted octanol–water partition coefficient (Wildman–Crippen LogP) is 5.83. The number of carbonyl (C=O) groups excluding carboxylic acids is 3. The van der Waals surface area contributed by atoms with Crippen molar-refractivity contribution in [2.75, 3.05) is 25.1 Å². The van der Waals surface area contributed by atoms with Crippen molar-refractivity contribution < 1.29 is 19.1 Å². The van der Waals surface area contributed by atoms with Crippen LogP contribution in [0.4, 0.5) is 5.69 Å². The monoisotopic (exact) mass is 498 g/mol. The average Bonchev–Trinajstić information content (AvgIpc) is 2.91. The second kappa shape index (κ2) is 9.84. The van der Waals surface area contributed by atoms with E-state index in [1.807, 2.05) is 24.3 Å². The van der Waals surface area contributed by atoms with Crippen molar-refractivity contribution >= 4 is 45.8 Å². The van der Waals surface area contributed by atoms with E-state index in [-0.39, 0.29) is 30.8 Å². The van der Waals surface area contributed by atoms with Crippen molar-refractivity contribution in [3.05, 3.63) is 107 Å². The number of imide groups is 1. The Morgan fingerprint density at radius 3 is 2.11 bits per heavy atom. The highest BCUT2D eigenvalue weighted by atomic mass is 35.5. The van der Waals surface area contributed by atoms with E-state index in [2.05, 4.69) is 0 Å². The number of benzene rings is 4. The third kappa shape index (κ3) is 4.20. The fourth-order valence-corrected chi connectivity index (χ4v) is 4.78. The summed E-state index contributed by atoms with van der Waals surface area (Å²) < 4.78 is 5.24. The van der Waals surface area contributed by atoms with Gasteiger partial charge in [-0.1, -0.05) is 48.0 Å². The number of anilines is 1. The first-order valence-corrected chi connectivity index (χ1v) is 12.0. The van der Waals surface area contributed by atoms with Crippen LogP contribution in [0.5, 0.6) is 5.75 Å². The molecular formula is C29H23ClN2O4. The van der Waals surface area contributed by atoms with E-state index < -0.39 is 0 Å².